The number of halogens is 5. The summed E-state index contributed by atoms with van der Waals surface area (Å²) in [4.78, 5) is 18.4. The first-order chi connectivity index (χ1) is 9.71. The van der Waals surface area contributed by atoms with Gasteiger partial charge >= 0.3 is 7.82 Å². The molecule has 10 heteroatoms. The van der Waals surface area contributed by atoms with Gasteiger partial charge in [-0.1, -0.05) is 75.4 Å². The van der Waals surface area contributed by atoms with Crippen LogP contribution in [0.4, 0.5) is 0 Å². The molecule has 0 amide bonds. The van der Waals surface area contributed by atoms with Gasteiger partial charge in [-0.3, -0.25) is 4.52 Å². The zero-order valence-electron chi connectivity index (χ0n) is 11.1. The predicted octanol–water partition coefficient (Wildman–Crippen LogP) is 5.12. The van der Waals surface area contributed by atoms with Crippen molar-refractivity contribution in [3.05, 3.63) is 11.6 Å². The van der Waals surface area contributed by atoms with Crippen LogP contribution in [-0.2, 0) is 9.09 Å². The first kappa shape index (κ1) is 23.1. The van der Waals surface area contributed by atoms with Crippen molar-refractivity contribution in [3.63, 3.8) is 0 Å². The Bertz CT molecular complexity index is 366. The number of alkyl halides is 5. The molecule has 0 spiro atoms. The highest BCUT2D eigenvalue weighted by molar-refractivity contribution is 9.12. The van der Waals surface area contributed by atoms with Crippen LogP contribution in [0, 0.1) is 0 Å². The van der Waals surface area contributed by atoms with Crippen LogP contribution < -0.4 is 0 Å². The average Bonchev–Trinajstić information content (AvgIpc) is 2.36. The molecule has 3 unspecified atom stereocenters. The summed E-state index contributed by atoms with van der Waals surface area (Å²) < 4.78 is 16.0. The molecule has 0 aromatic heterocycles. The quantitative estimate of drug-likeness (QED) is 0.197. The maximum absolute atomic E-state index is 11.1. The number of hydrogen-bond acceptors (Lipinski definition) is 2. The molecule has 0 aliphatic rings. The second-order valence-corrected chi connectivity index (χ2v) is 9.80. The molecule has 2 N–H and O–H groups in total. The summed E-state index contributed by atoms with van der Waals surface area (Å²) in [6, 6.07) is 0. The summed E-state index contributed by atoms with van der Waals surface area (Å²) in [6.07, 6.45) is 2.94. The fraction of sp³-hybridized carbons (Fsp3) is 0.818. The molecular formula is C11H18Br4ClO4P. The van der Waals surface area contributed by atoms with Crippen molar-refractivity contribution in [1.82, 2.24) is 0 Å². The minimum atomic E-state index is -4.54. The van der Waals surface area contributed by atoms with Crippen LogP contribution >= 0.6 is 83.1 Å². The van der Waals surface area contributed by atoms with Crippen LogP contribution in [0.3, 0.4) is 0 Å². The van der Waals surface area contributed by atoms with E-state index in [9.17, 15) is 4.57 Å². The molecule has 0 aromatic carbocycles. The van der Waals surface area contributed by atoms with Gasteiger partial charge in [0.2, 0.25) is 0 Å². The Balaban J connectivity index is 5.04. The normalized spacial score (nSPS) is 17.6. The SMILES string of the molecule is O=P(O)(O)OC(C=C(CCCl)CC(Br)CBr)CC(Br)CBr. The minimum Gasteiger partial charge on any atom is -0.303 e. The van der Waals surface area contributed by atoms with Gasteiger partial charge in [0.1, 0.15) is 0 Å². The Kier molecular flexibility index (Phi) is 13.6. The van der Waals surface area contributed by atoms with Crippen molar-refractivity contribution >= 4 is 83.1 Å². The molecular weight excluding hydrogens is 582 g/mol. The van der Waals surface area contributed by atoms with Gasteiger partial charge in [0, 0.05) is 26.2 Å². The van der Waals surface area contributed by atoms with E-state index in [4.69, 9.17) is 25.9 Å². The monoisotopic (exact) mass is 596 g/mol. The maximum Gasteiger partial charge on any atom is 0.470 e. The number of hydrogen-bond donors (Lipinski definition) is 2. The van der Waals surface area contributed by atoms with Gasteiger partial charge in [-0.15, -0.1) is 11.6 Å². The van der Waals surface area contributed by atoms with Crippen LogP contribution in [0.2, 0.25) is 0 Å². The van der Waals surface area contributed by atoms with E-state index in [1.807, 2.05) is 0 Å². The molecule has 0 aromatic rings. The van der Waals surface area contributed by atoms with Gasteiger partial charge in [-0.2, -0.15) is 0 Å². The topological polar surface area (TPSA) is 66.8 Å². The van der Waals surface area contributed by atoms with Crippen LogP contribution in [0.15, 0.2) is 11.6 Å². The van der Waals surface area contributed by atoms with E-state index in [0.29, 0.717) is 24.1 Å². The summed E-state index contributed by atoms with van der Waals surface area (Å²) >= 11 is 19.4. The third-order valence-corrected chi connectivity index (χ3v) is 7.80. The highest BCUT2D eigenvalue weighted by Gasteiger charge is 2.23. The van der Waals surface area contributed by atoms with E-state index in [0.717, 1.165) is 17.3 Å². The molecule has 0 saturated heterocycles. The third kappa shape index (κ3) is 13.1. The van der Waals surface area contributed by atoms with Gasteiger partial charge in [-0.05, 0) is 19.3 Å². The molecule has 4 nitrogen and oxygen atoms in total. The number of rotatable bonds is 11. The van der Waals surface area contributed by atoms with Crippen molar-refractivity contribution in [2.24, 2.45) is 0 Å². The zero-order valence-corrected chi connectivity index (χ0v) is 19.1. The van der Waals surface area contributed by atoms with Crippen LogP contribution in [0.25, 0.3) is 0 Å². The fourth-order valence-electron chi connectivity index (χ4n) is 1.61. The lowest BCUT2D eigenvalue weighted by Crippen LogP contribution is -2.17. The predicted molar refractivity (Wildman–Crippen MR) is 103 cm³/mol. The van der Waals surface area contributed by atoms with Crippen LogP contribution in [-0.4, -0.2) is 42.1 Å². The van der Waals surface area contributed by atoms with Gasteiger partial charge in [0.25, 0.3) is 0 Å². The Hall–Kier alpha value is 2.06. The zero-order chi connectivity index (χ0) is 16.5. The van der Waals surface area contributed by atoms with Crippen molar-refractivity contribution in [1.29, 1.82) is 0 Å². The molecule has 0 aliphatic heterocycles. The summed E-state index contributed by atoms with van der Waals surface area (Å²) in [5.41, 5.74) is 1.01. The van der Waals surface area contributed by atoms with Gasteiger partial charge in [-0.25, -0.2) is 4.57 Å². The largest absolute Gasteiger partial charge is 0.470 e. The molecule has 126 valence electrons. The molecule has 3 atom stereocenters. The van der Waals surface area contributed by atoms with Crippen LogP contribution in [0.1, 0.15) is 19.3 Å². The lowest BCUT2D eigenvalue weighted by Gasteiger charge is -2.19. The second-order valence-electron chi connectivity index (χ2n) is 4.34. The standard InChI is InChI=1S/C11H18Br4ClO4P/c12-6-9(14)3-8(1-2-16)4-11(5-10(15)7-13)20-21(17,18)19/h4,9-11H,1-3,5-7H2,(H2,17,18,19). The van der Waals surface area contributed by atoms with Crippen molar-refractivity contribution in [3.8, 4) is 0 Å². The first-order valence-corrected chi connectivity index (χ1v) is 12.2. The highest BCUT2D eigenvalue weighted by atomic mass is 79.9. The van der Waals surface area contributed by atoms with Crippen molar-refractivity contribution in [2.75, 3.05) is 16.5 Å². The van der Waals surface area contributed by atoms with Gasteiger partial charge < -0.3 is 9.79 Å². The Morgan fingerprint density at radius 1 is 1.24 bits per heavy atom. The molecule has 21 heavy (non-hydrogen) atoms. The summed E-state index contributed by atoms with van der Waals surface area (Å²) in [6.45, 7) is 0. The molecule has 0 bridgehead atoms. The fourth-order valence-corrected chi connectivity index (χ4v) is 3.63. The number of phosphoric ester groups is 1. The molecule has 0 fully saturated rings. The summed E-state index contributed by atoms with van der Waals surface area (Å²) in [5, 5.41) is 1.44. The number of phosphoric acid groups is 1. The van der Waals surface area contributed by atoms with E-state index < -0.39 is 13.9 Å². The Labute approximate surface area is 164 Å². The molecule has 0 rings (SSSR count). The molecule has 0 saturated carbocycles. The molecule has 0 aliphatic carbocycles. The van der Waals surface area contributed by atoms with E-state index >= 15 is 0 Å². The smallest absolute Gasteiger partial charge is 0.303 e. The highest BCUT2D eigenvalue weighted by Crippen LogP contribution is 2.39. The van der Waals surface area contributed by atoms with Crippen LogP contribution in [0.5, 0.6) is 0 Å². The van der Waals surface area contributed by atoms with E-state index in [1.54, 1.807) is 6.08 Å². The minimum absolute atomic E-state index is 0.0542. The van der Waals surface area contributed by atoms with Crippen molar-refractivity contribution < 1.29 is 18.9 Å². The van der Waals surface area contributed by atoms with E-state index in [2.05, 4.69) is 63.7 Å². The van der Waals surface area contributed by atoms with Gasteiger partial charge in [0.15, 0.2) is 0 Å². The average molecular weight is 600 g/mol. The lowest BCUT2D eigenvalue weighted by atomic mass is 10.0. The summed E-state index contributed by atoms with van der Waals surface area (Å²) in [7, 11) is -4.54. The maximum atomic E-state index is 11.1. The summed E-state index contributed by atoms with van der Waals surface area (Å²) in [5.74, 6) is 0.451. The number of allylic oxidation sites excluding steroid dienone is 1. The second kappa shape index (κ2) is 12.4. The molecule has 0 radical (unpaired) electrons. The Morgan fingerprint density at radius 3 is 2.24 bits per heavy atom. The van der Waals surface area contributed by atoms with Gasteiger partial charge in [0.05, 0.1) is 6.10 Å². The molecule has 0 heterocycles. The van der Waals surface area contributed by atoms with E-state index in [1.165, 1.54) is 0 Å². The Morgan fingerprint density at radius 2 is 1.81 bits per heavy atom. The van der Waals surface area contributed by atoms with E-state index in [-0.39, 0.29) is 9.65 Å². The lowest BCUT2D eigenvalue weighted by molar-refractivity contribution is 0.155. The third-order valence-electron chi connectivity index (χ3n) is 2.42. The first-order valence-electron chi connectivity index (χ1n) is 6.11. The van der Waals surface area contributed by atoms with Crippen molar-refractivity contribution in [2.45, 2.75) is 35.0 Å².